The quantitative estimate of drug-likeness (QED) is 0.421. The SMILES string of the molecule is CS(C)(=O)=NC1CCN(c2ccc(-c3nc(-c4cnn(CCO)c4)cn4ncc(C#N)c34)cn2)CC1. The maximum absolute atomic E-state index is 12.0. The van der Waals surface area contributed by atoms with Crippen LogP contribution in [-0.4, -0.2) is 76.9 Å². The molecule has 1 saturated heterocycles. The Hall–Kier alpha value is -3.82. The number of hydrogen-bond donors (Lipinski definition) is 1. The van der Waals surface area contributed by atoms with E-state index in [-0.39, 0.29) is 12.6 Å². The number of nitrogens with zero attached hydrogens (tertiary/aromatic N) is 9. The zero-order valence-electron chi connectivity index (χ0n) is 20.2. The predicted octanol–water partition coefficient (Wildman–Crippen LogP) is 2.22. The average molecular weight is 506 g/mol. The molecular formula is C24H27N9O2S. The highest BCUT2D eigenvalue weighted by atomic mass is 32.2. The Balaban J connectivity index is 1.46. The van der Waals surface area contributed by atoms with E-state index in [1.807, 2.05) is 18.3 Å². The number of nitriles is 1. The third-order valence-corrected chi connectivity index (χ3v) is 6.89. The summed E-state index contributed by atoms with van der Waals surface area (Å²) in [5, 5.41) is 27.5. The first-order chi connectivity index (χ1) is 17.3. The predicted molar refractivity (Wildman–Crippen MR) is 137 cm³/mol. The van der Waals surface area contributed by atoms with Crippen molar-refractivity contribution in [1.82, 2.24) is 29.4 Å². The van der Waals surface area contributed by atoms with Crippen molar-refractivity contribution in [2.75, 3.05) is 37.1 Å². The number of pyridine rings is 1. The van der Waals surface area contributed by atoms with Gasteiger partial charge in [-0.25, -0.2) is 18.8 Å². The molecule has 0 bridgehead atoms. The van der Waals surface area contributed by atoms with Gasteiger partial charge in [-0.05, 0) is 25.0 Å². The summed E-state index contributed by atoms with van der Waals surface area (Å²) in [5.74, 6) is 0.859. The molecule has 5 rings (SSSR count). The van der Waals surface area contributed by atoms with Crippen LogP contribution in [0, 0.1) is 11.3 Å². The number of anilines is 1. The van der Waals surface area contributed by atoms with Gasteiger partial charge >= 0.3 is 0 Å². The second-order valence-electron chi connectivity index (χ2n) is 9.06. The second kappa shape index (κ2) is 9.67. The van der Waals surface area contributed by atoms with Gasteiger partial charge in [-0.3, -0.25) is 8.89 Å². The molecular weight excluding hydrogens is 478 g/mol. The molecule has 36 heavy (non-hydrogen) atoms. The van der Waals surface area contributed by atoms with Gasteiger partial charge in [0.1, 0.15) is 23.0 Å². The van der Waals surface area contributed by atoms with Crippen molar-refractivity contribution in [2.24, 2.45) is 4.36 Å². The molecule has 1 aliphatic heterocycles. The first kappa shape index (κ1) is 23.9. The Labute approximate surface area is 209 Å². The monoisotopic (exact) mass is 505 g/mol. The van der Waals surface area contributed by atoms with Crippen molar-refractivity contribution in [1.29, 1.82) is 5.26 Å². The fraction of sp³-hybridized carbons (Fsp3) is 0.375. The number of aromatic nitrogens is 6. The molecule has 0 unspecified atom stereocenters. The summed E-state index contributed by atoms with van der Waals surface area (Å²) in [5.41, 5.74) is 3.84. The van der Waals surface area contributed by atoms with Gasteiger partial charge in [0.15, 0.2) is 0 Å². The molecule has 12 heteroatoms. The summed E-state index contributed by atoms with van der Waals surface area (Å²) in [6.07, 6.45) is 13.6. The van der Waals surface area contributed by atoms with Gasteiger partial charge < -0.3 is 10.0 Å². The van der Waals surface area contributed by atoms with Crippen LogP contribution in [0.5, 0.6) is 0 Å². The normalized spacial score (nSPS) is 14.8. The van der Waals surface area contributed by atoms with Gasteiger partial charge in [0.25, 0.3) is 0 Å². The Kier molecular flexibility index (Phi) is 6.42. The van der Waals surface area contributed by atoms with Crippen LogP contribution in [0.1, 0.15) is 18.4 Å². The highest BCUT2D eigenvalue weighted by molar-refractivity contribution is 7.92. The maximum Gasteiger partial charge on any atom is 0.128 e. The van der Waals surface area contributed by atoms with E-state index in [0.29, 0.717) is 29.0 Å². The number of hydrogen-bond acceptors (Lipinski definition) is 9. The van der Waals surface area contributed by atoms with Crippen LogP contribution < -0.4 is 4.90 Å². The Morgan fingerprint density at radius 1 is 1.14 bits per heavy atom. The van der Waals surface area contributed by atoms with Gasteiger partial charge in [-0.2, -0.15) is 15.5 Å². The summed E-state index contributed by atoms with van der Waals surface area (Å²) in [4.78, 5) is 11.8. The molecule has 0 aromatic carbocycles. The molecule has 1 aliphatic rings. The minimum Gasteiger partial charge on any atom is -0.394 e. The first-order valence-corrected chi connectivity index (χ1v) is 14.0. The minimum atomic E-state index is -2.10. The number of aliphatic hydroxyl groups is 1. The van der Waals surface area contributed by atoms with Crippen LogP contribution in [0.15, 0.2) is 47.5 Å². The fourth-order valence-corrected chi connectivity index (χ4v) is 5.36. The van der Waals surface area contributed by atoms with Crippen LogP contribution in [-0.2, 0) is 16.3 Å². The molecule has 186 valence electrons. The molecule has 0 atom stereocenters. The van der Waals surface area contributed by atoms with Crippen molar-refractivity contribution >= 4 is 21.1 Å². The van der Waals surface area contributed by atoms with E-state index < -0.39 is 9.73 Å². The van der Waals surface area contributed by atoms with E-state index in [1.165, 1.54) is 6.20 Å². The molecule has 0 spiro atoms. The van der Waals surface area contributed by atoms with Crippen LogP contribution in [0.25, 0.3) is 28.0 Å². The number of piperidine rings is 1. The van der Waals surface area contributed by atoms with Gasteiger partial charge in [0, 0.05) is 58.9 Å². The van der Waals surface area contributed by atoms with Crippen LogP contribution in [0.4, 0.5) is 5.82 Å². The lowest BCUT2D eigenvalue weighted by Gasteiger charge is -2.31. The zero-order chi connectivity index (χ0) is 25.3. The Morgan fingerprint density at radius 2 is 1.94 bits per heavy atom. The summed E-state index contributed by atoms with van der Waals surface area (Å²) in [6, 6.07) is 6.24. The molecule has 5 heterocycles. The highest BCUT2D eigenvalue weighted by Crippen LogP contribution is 2.30. The first-order valence-electron chi connectivity index (χ1n) is 11.6. The van der Waals surface area contributed by atoms with Gasteiger partial charge in [-0.15, -0.1) is 0 Å². The van der Waals surface area contributed by atoms with E-state index in [9.17, 15) is 14.6 Å². The van der Waals surface area contributed by atoms with E-state index in [2.05, 4.69) is 25.5 Å². The van der Waals surface area contributed by atoms with Crippen LogP contribution >= 0.6 is 0 Å². The van der Waals surface area contributed by atoms with Crippen molar-refractivity contribution in [3.8, 4) is 28.6 Å². The number of fused-ring (bicyclic) bond motifs is 1. The molecule has 0 radical (unpaired) electrons. The summed E-state index contributed by atoms with van der Waals surface area (Å²) >= 11 is 0. The minimum absolute atomic E-state index is 0.00829. The highest BCUT2D eigenvalue weighted by Gasteiger charge is 2.21. The van der Waals surface area contributed by atoms with Crippen molar-refractivity contribution in [3.05, 3.63) is 48.7 Å². The maximum atomic E-state index is 12.0. The largest absolute Gasteiger partial charge is 0.394 e. The average Bonchev–Trinajstić information content (AvgIpc) is 3.50. The van der Waals surface area contributed by atoms with Crippen molar-refractivity contribution in [3.63, 3.8) is 0 Å². The topological polar surface area (TPSA) is 138 Å². The molecule has 0 saturated carbocycles. The van der Waals surface area contributed by atoms with Crippen molar-refractivity contribution in [2.45, 2.75) is 25.4 Å². The summed E-state index contributed by atoms with van der Waals surface area (Å²) in [7, 11) is -2.10. The van der Waals surface area contributed by atoms with Crippen LogP contribution in [0.3, 0.4) is 0 Å². The lowest BCUT2D eigenvalue weighted by molar-refractivity contribution is 0.269. The third-order valence-electron chi connectivity index (χ3n) is 6.09. The smallest absolute Gasteiger partial charge is 0.128 e. The van der Waals surface area contributed by atoms with E-state index in [4.69, 9.17) is 9.97 Å². The fourth-order valence-electron chi connectivity index (χ4n) is 4.43. The van der Waals surface area contributed by atoms with E-state index in [0.717, 1.165) is 42.9 Å². The third kappa shape index (κ3) is 4.93. The summed E-state index contributed by atoms with van der Waals surface area (Å²) < 4.78 is 19.8. The van der Waals surface area contributed by atoms with Gasteiger partial charge in [0.2, 0.25) is 0 Å². The summed E-state index contributed by atoms with van der Waals surface area (Å²) in [6.45, 7) is 1.98. The van der Waals surface area contributed by atoms with E-state index in [1.54, 1.807) is 40.3 Å². The van der Waals surface area contributed by atoms with Crippen molar-refractivity contribution < 1.29 is 9.32 Å². The van der Waals surface area contributed by atoms with Gasteiger partial charge in [-0.1, -0.05) is 0 Å². The van der Waals surface area contributed by atoms with Gasteiger partial charge in [0.05, 0.1) is 49.2 Å². The Morgan fingerprint density at radius 3 is 2.61 bits per heavy atom. The molecule has 0 amide bonds. The lowest BCUT2D eigenvalue weighted by Crippen LogP contribution is -2.36. The molecule has 4 aromatic heterocycles. The van der Waals surface area contributed by atoms with E-state index >= 15 is 0 Å². The molecule has 1 fully saturated rings. The molecule has 11 nitrogen and oxygen atoms in total. The Bertz CT molecular complexity index is 1540. The number of aliphatic hydroxyl groups excluding tert-OH is 1. The number of rotatable bonds is 6. The standard InChI is InChI=1S/C24H27N9O2S/c1-36(2,35)30-20-5-7-31(8-6-20)22-4-3-17(12-26-22)23-24-18(11-25)13-28-33(24)16-21(29-23)19-14-27-32(15-19)9-10-34/h3-4,12-16,20,34H,5-10H2,1-2H3. The second-order valence-corrected chi connectivity index (χ2v) is 11.6. The van der Waals surface area contributed by atoms with Crippen LogP contribution in [0.2, 0.25) is 0 Å². The zero-order valence-corrected chi connectivity index (χ0v) is 21.0. The lowest BCUT2D eigenvalue weighted by atomic mass is 10.1. The molecule has 0 aliphatic carbocycles. The molecule has 4 aromatic rings. The molecule has 1 N–H and O–H groups in total.